The first kappa shape index (κ1) is 22.0. The van der Waals surface area contributed by atoms with Gasteiger partial charge in [0.25, 0.3) is 0 Å². The molecule has 1 unspecified atom stereocenters. The van der Waals surface area contributed by atoms with E-state index >= 15 is 0 Å². The Bertz CT molecular complexity index is 503. The average molecular weight is 460 g/mol. The second-order valence-electron chi connectivity index (χ2n) is 6.72. The molecule has 0 spiro atoms. The van der Waals surface area contributed by atoms with Crippen LogP contribution in [0.25, 0.3) is 0 Å². The van der Waals surface area contributed by atoms with Gasteiger partial charge in [0.15, 0.2) is 5.96 Å². The zero-order valence-corrected chi connectivity index (χ0v) is 18.1. The summed E-state index contributed by atoms with van der Waals surface area (Å²) in [5.74, 6) is 0.864. The van der Waals surface area contributed by atoms with Crippen LogP contribution in [0.5, 0.6) is 0 Å². The van der Waals surface area contributed by atoms with Gasteiger partial charge < -0.3 is 20.3 Å². The maximum atomic E-state index is 5.80. The highest BCUT2D eigenvalue weighted by molar-refractivity contribution is 14.0. The van der Waals surface area contributed by atoms with Gasteiger partial charge in [0, 0.05) is 46.0 Å². The second-order valence-corrected chi connectivity index (χ2v) is 6.72. The largest absolute Gasteiger partial charge is 0.375 e. The Hall–Kier alpha value is -1.02. The van der Waals surface area contributed by atoms with E-state index in [1.54, 1.807) is 0 Å². The van der Waals surface area contributed by atoms with Crippen LogP contribution in [0.4, 0.5) is 5.69 Å². The van der Waals surface area contributed by atoms with Crippen molar-refractivity contribution in [3.63, 3.8) is 0 Å². The smallest absolute Gasteiger partial charge is 0.191 e. The summed E-state index contributed by atoms with van der Waals surface area (Å²) < 4.78 is 5.80. The maximum Gasteiger partial charge on any atom is 0.191 e. The lowest BCUT2D eigenvalue weighted by Gasteiger charge is -2.24. The van der Waals surface area contributed by atoms with Crippen molar-refractivity contribution in [3.05, 3.63) is 30.3 Å². The van der Waals surface area contributed by atoms with E-state index in [1.807, 2.05) is 7.05 Å². The molecular formula is C19H33IN4O. The highest BCUT2D eigenvalue weighted by atomic mass is 127. The lowest BCUT2D eigenvalue weighted by atomic mass is 10.0. The molecule has 1 aliphatic heterocycles. The number of aliphatic imine (C=N–C) groups is 1. The first-order chi connectivity index (χ1) is 11.6. The molecule has 142 valence electrons. The van der Waals surface area contributed by atoms with Gasteiger partial charge in [0.2, 0.25) is 0 Å². The molecule has 0 aromatic heterocycles. The van der Waals surface area contributed by atoms with Crippen LogP contribution in [-0.2, 0) is 4.74 Å². The number of ether oxygens (including phenoxy) is 1. The summed E-state index contributed by atoms with van der Waals surface area (Å²) in [4.78, 5) is 6.59. The zero-order valence-electron chi connectivity index (χ0n) is 15.8. The number of para-hydroxylation sites is 1. The topological polar surface area (TPSA) is 48.9 Å². The Morgan fingerprint density at radius 1 is 1.24 bits per heavy atom. The number of guanidine groups is 1. The van der Waals surface area contributed by atoms with Crippen molar-refractivity contribution < 1.29 is 4.74 Å². The molecule has 1 aliphatic rings. The Balaban J connectivity index is 0.00000312. The number of halogens is 1. The van der Waals surface area contributed by atoms with Gasteiger partial charge in [-0.25, -0.2) is 0 Å². The van der Waals surface area contributed by atoms with E-state index < -0.39 is 0 Å². The summed E-state index contributed by atoms with van der Waals surface area (Å²) in [5, 5.41) is 6.77. The van der Waals surface area contributed by atoms with Crippen LogP contribution in [0.3, 0.4) is 0 Å². The fourth-order valence-corrected chi connectivity index (χ4v) is 2.96. The summed E-state index contributed by atoms with van der Waals surface area (Å²) in [7, 11) is 3.96. The van der Waals surface area contributed by atoms with Crippen LogP contribution < -0.4 is 15.5 Å². The summed E-state index contributed by atoms with van der Waals surface area (Å²) in [6.07, 6.45) is 4.53. The molecular weight excluding hydrogens is 427 g/mol. The van der Waals surface area contributed by atoms with Crippen LogP contribution in [0, 0.1) is 0 Å². The van der Waals surface area contributed by atoms with Gasteiger partial charge in [-0.1, -0.05) is 18.2 Å². The molecule has 1 atom stereocenters. The minimum absolute atomic E-state index is 0. The van der Waals surface area contributed by atoms with Gasteiger partial charge in [-0.2, -0.15) is 0 Å². The molecule has 0 saturated carbocycles. The van der Waals surface area contributed by atoms with Crippen molar-refractivity contribution in [3.8, 4) is 0 Å². The Morgan fingerprint density at radius 2 is 2.00 bits per heavy atom. The average Bonchev–Trinajstić information content (AvgIpc) is 3.04. The Kier molecular flexibility index (Phi) is 10.2. The minimum Gasteiger partial charge on any atom is -0.375 e. The first-order valence-corrected chi connectivity index (χ1v) is 8.98. The Labute approximate surface area is 169 Å². The normalized spacial score (nSPS) is 20.0. The summed E-state index contributed by atoms with van der Waals surface area (Å²) in [6.45, 7) is 5.84. The van der Waals surface area contributed by atoms with Gasteiger partial charge >= 0.3 is 0 Å². The van der Waals surface area contributed by atoms with Crippen molar-refractivity contribution in [2.45, 2.75) is 38.2 Å². The fourth-order valence-electron chi connectivity index (χ4n) is 2.96. The molecule has 0 aliphatic carbocycles. The molecule has 1 aromatic rings. The zero-order chi connectivity index (χ0) is 17.3. The molecule has 1 aromatic carbocycles. The number of anilines is 1. The van der Waals surface area contributed by atoms with Crippen molar-refractivity contribution in [2.75, 3.05) is 45.2 Å². The number of hydrogen-bond acceptors (Lipinski definition) is 3. The number of nitrogens with zero attached hydrogens (tertiary/aromatic N) is 2. The molecule has 0 radical (unpaired) electrons. The first-order valence-electron chi connectivity index (χ1n) is 8.98. The van der Waals surface area contributed by atoms with E-state index in [4.69, 9.17) is 4.74 Å². The summed E-state index contributed by atoms with van der Waals surface area (Å²) in [5.41, 5.74) is 1.23. The van der Waals surface area contributed by atoms with Crippen LogP contribution in [0.2, 0.25) is 0 Å². The molecule has 1 heterocycles. The van der Waals surface area contributed by atoms with Crippen molar-refractivity contribution in [1.29, 1.82) is 0 Å². The molecule has 0 bridgehead atoms. The molecule has 2 N–H and O–H groups in total. The predicted octanol–water partition coefficient (Wildman–Crippen LogP) is 3.26. The van der Waals surface area contributed by atoms with Crippen LogP contribution in [0.15, 0.2) is 35.3 Å². The van der Waals surface area contributed by atoms with E-state index in [-0.39, 0.29) is 29.6 Å². The highest BCUT2D eigenvalue weighted by Crippen LogP contribution is 2.23. The van der Waals surface area contributed by atoms with E-state index in [9.17, 15) is 0 Å². The lowest BCUT2D eigenvalue weighted by Crippen LogP contribution is -2.45. The highest BCUT2D eigenvalue weighted by Gasteiger charge is 2.29. The number of benzene rings is 1. The standard InChI is InChI=1S/C19H32N4O.HI/c1-19(12-9-15-24-19)16-22-18(20-2)21-13-7-8-14-23(3)17-10-5-4-6-11-17;/h4-6,10-11H,7-9,12-16H2,1-3H3,(H2,20,21,22);1H. The van der Waals surface area contributed by atoms with Crippen LogP contribution in [0.1, 0.15) is 32.6 Å². The van der Waals surface area contributed by atoms with E-state index in [0.717, 1.165) is 57.9 Å². The van der Waals surface area contributed by atoms with Gasteiger partial charge in [0.05, 0.1) is 5.60 Å². The summed E-state index contributed by atoms with van der Waals surface area (Å²) >= 11 is 0. The third kappa shape index (κ3) is 7.81. The molecule has 0 amide bonds. The maximum absolute atomic E-state index is 5.80. The van der Waals surface area contributed by atoms with E-state index in [0.29, 0.717) is 0 Å². The molecule has 2 rings (SSSR count). The number of rotatable bonds is 8. The Morgan fingerprint density at radius 3 is 2.64 bits per heavy atom. The van der Waals surface area contributed by atoms with Gasteiger partial charge in [-0.3, -0.25) is 4.99 Å². The number of hydrogen-bond donors (Lipinski definition) is 2. The van der Waals surface area contributed by atoms with Crippen molar-refractivity contribution in [1.82, 2.24) is 10.6 Å². The molecule has 5 nitrogen and oxygen atoms in total. The second kappa shape index (κ2) is 11.6. The molecule has 1 fully saturated rings. The molecule has 25 heavy (non-hydrogen) atoms. The van der Waals surface area contributed by atoms with Crippen LogP contribution in [-0.4, -0.2) is 51.9 Å². The van der Waals surface area contributed by atoms with E-state index in [1.165, 1.54) is 5.69 Å². The molecule has 1 saturated heterocycles. The third-order valence-corrected chi connectivity index (χ3v) is 4.56. The fraction of sp³-hybridized carbons (Fsp3) is 0.632. The minimum atomic E-state index is -0.0456. The lowest BCUT2D eigenvalue weighted by molar-refractivity contribution is 0.0243. The van der Waals surface area contributed by atoms with Gasteiger partial charge in [0.1, 0.15) is 0 Å². The SMILES string of the molecule is CN=C(NCCCCN(C)c1ccccc1)NCC1(C)CCCO1.I. The summed E-state index contributed by atoms with van der Waals surface area (Å²) in [6, 6.07) is 10.5. The number of nitrogens with one attached hydrogen (secondary N) is 2. The van der Waals surface area contributed by atoms with Gasteiger partial charge in [-0.15, -0.1) is 24.0 Å². The number of unbranched alkanes of at least 4 members (excludes halogenated alkanes) is 1. The van der Waals surface area contributed by atoms with Crippen LogP contribution >= 0.6 is 24.0 Å². The van der Waals surface area contributed by atoms with Crippen molar-refractivity contribution in [2.24, 2.45) is 4.99 Å². The third-order valence-electron chi connectivity index (χ3n) is 4.56. The van der Waals surface area contributed by atoms with Gasteiger partial charge in [-0.05, 0) is 44.7 Å². The quantitative estimate of drug-likeness (QED) is 0.271. The monoisotopic (exact) mass is 460 g/mol. The predicted molar refractivity (Wildman–Crippen MR) is 117 cm³/mol. The van der Waals surface area contributed by atoms with Crippen molar-refractivity contribution >= 4 is 35.6 Å². The molecule has 6 heteroatoms. The van der Waals surface area contributed by atoms with E-state index in [2.05, 4.69) is 64.8 Å².